The minimum atomic E-state index is -0.426. The molecule has 1 aromatic carbocycles. The first-order chi connectivity index (χ1) is 10.3. The Morgan fingerprint density at radius 1 is 1.32 bits per heavy atom. The van der Waals surface area contributed by atoms with Crippen LogP contribution in [0.3, 0.4) is 0 Å². The van der Waals surface area contributed by atoms with E-state index in [1.165, 1.54) is 0 Å². The Balaban J connectivity index is 2.11. The van der Waals surface area contributed by atoms with Gasteiger partial charge in [-0.2, -0.15) is 0 Å². The fourth-order valence-corrected chi connectivity index (χ4v) is 2.71. The molecule has 0 fully saturated rings. The molecule has 5 heteroatoms. The first-order valence-corrected chi connectivity index (χ1v) is 7.73. The third-order valence-electron chi connectivity index (χ3n) is 4.38. The monoisotopic (exact) mass is 303 g/mol. The molecule has 0 saturated carbocycles. The van der Waals surface area contributed by atoms with Gasteiger partial charge >= 0.3 is 0 Å². The average Bonchev–Trinajstić information content (AvgIpc) is 2.45. The SMILES string of the molecule is CCC(C)(C)NC(=O)CN1Cc2ccccc2C[C@H]1C(N)=O. The molecule has 3 N–H and O–H groups in total. The molecule has 2 amide bonds. The number of nitrogens with one attached hydrogen (secondary N) is 1. The lowest BCUT2D eigenvalue weighted by molar-refractivity contribution is -0.128. The van der Waals surface area contributed by atoms with Crippen molar-refractivity contribution in [3.05, 3.63) is 35.4 Å². The Hall–Kier alpha value is -1.88. The molecule has 1 atom stereocenters. The molecule has 0 aromatic heterocycles. The van der Waals surface area contributed by atoms with E-state index in [1.54, 1.807) is 0 Å². The van der Waals surface area contributed by atoms with Gasteiger partial charge in [-0.3, -0.25) is 14.5 Å². The maximum atomic E-state index is 12.3. The van der Waals surface area contributed by atoms with E-state index in [0.29, 0.717) is 13.0 Å². The topological polar surface area (TPSA) is 75.4 Å². The van der Waals surface area contributed by atoms with Crippen molar-refractivity contribution < 1.29 is 9.59 Å². The number of hydrogen-bond donors (Lipinski definition) is 2. The summed E-state index contributed by atoms with van der Waals surface area (Å²) in [6.07, 6.45) is 1.41. The first-order valence-electron chi connectivity index (χ1n) is 7.73. The van der Waals surface area contributed by atoms with Gasteiger partial charge in [-0.15, -0.1) is 0 Å². The number of nitrogens with two attached hydrogens (primary N) is 1. The Morgan fingerprint density at radius 2 is 1.95 bits per heavy atom. The van der Waals surface area contributed by atoms with Crippen molar-refractivity contribution in [1.82, 2.24) is 10.2 Å². The van der Waals surface area contributed by atoms with E-state index in [-0.39, 0.29) is 23.9 Å². The van der Waals surface area contributed by atoms with Crippen LogP contribution in [-0.4, -0.2) is 34.8 Å². The van der Waals surface area contributed by atoms with Crippen molar-refractivity contribution in [3.63, 3.8) is 0 Å². The van der Waals surface area contributed by atoms with Crippen LogP contribution in [0.5, 0.6) is 0 Å². The Morgan fingerprint density at radius 3 is 2.55 bits per heavy atom. The van der Waals surface area contributed by atoms with Crippen molar-refractivity contribution in [3.8, 4) is 0 Å². The number of carbonyl (C=O) groups excluding carboxylic acids is 2. The number of rotatable bonds is 5. The molecule has 120 valence electrons. The van der Waals surface area contributed by atoms with Gasteiger partial charge in [-0.1, -0.05) is 31.2 Å². The lowest BCUT2D eigenvalue weighted by Gasteiger charge is -2.35. The summed E-state index contributed by atoms with van der Waals surface area (Å²) < 4.78 is 0. The van der Waals surface area contributed by atoms with Crippen LogP contribution in [0.2, 0.25) is 0 Å². The molecule has 0 spiro atoms. The smallest absolute Gasteiger partial charge is 0.235 e. The summed E-state index contributed by atoms with van der Waals surface area (Å²) >= 11 is 0. The summed E-state index contributed by atoms with van der Waals surface area (Å²) in [4.78, 5) is 25.9. The van der Waals surface area contributed by atoms with Gasteiger partial charge in [0.1, 0.15) is 0 Å². The summed E-state index contributed by atoms with van der Waals surface area (Å²) in [7, 11) is 0. The highest BCUT2D eigenvalue weighted by atomic mass is 16.2. The molecule has 0 unspecified atom stereocenters. The van der Waals surface area contributed by atoms with E-state index in [1.807, 2.05) is 49.9 Å². The summed E-state index contributed by atoms with van der Waals surface area (Å²) in [5, 5.41) is 3.00. The molecule has 1 heterocycles. The molecule has 1 aliphatic heterocycles. The molecule has 0 bridgehead atoms. The summed E-state index contributed by atoms with van der Waals surface area (Å²) in [5.74, 6) is -0.450. The van der Waals surface area contributed by atoms with Crippen molar-refractivity contribution in [2.45, 2.75) is 51.7 Å². The van der Waals surface area contributed by atoms with E-state index in [9.17, 15) is 9.59 Å². The molecular formula is C17H25N3O2. The standard InChI is InChI=1S/C17H25N3O2/c1-4-17(2,3)19-15(21)11-20-10-13-8-6-5-7-12(13)9-14(20)16(18)22/h5-8,14H,4,9-11H2,1-3H3,(H2,18,22)(H,19,21)/t14-/m0/s1. The van der Waals surface area contributed by atoms with Crippen LogP contribution in [0.15, 0.2) is 24.3 Å². The van der Waals surface area contributed by atoms with Crippen molar-refractivity contribution in [2.24, 2.45) is 5.73 Å². The van der Waals surface area contributed by atoms with Gasteiger partial charge in [0, 0.05) is 12.1 Å². The van der Waals surface area contributed by atoms with Crippen LogP contribution in [-0.2, 0) is 22.6 Å². The van der Waals surface area contributed by atoms with Gasteiger partial charge in [0.2, 0.25) is 11.8 Å². The zero-order chi connectivity index (χ0) is 16.3. The zero-order valence-electron chi connectivity index (χ0n) is 13.6. The minimum absolute atomic E-state index is 0.0718. The Kier molecular flexibility index (Phi) is 4.86. The summed E-state index contributed by atoms with van der Waals surface area (Å²) in [6, 6.07) is 7.56. The Labute approximate surface area is 131 Å². The van der Waals surface area contributed by atoms with Crippen LogP contribution >= 0.6 is 0 Å². The molecule has 5 nitrogen and oxygen atoms in total. The number of fused-ring (bicyclic) bond motifs is 1. The highest BCUT2D eigenvalue weighted by molar-refractivity contribution is 5.83. The number of amides is 2. The molecule has 0 saturated heterocycles. The molecule has 2 rings (SSSR count). The van der Waals surface area contributed by atoms with Crippen LogP contribution in [0.25, 0.3) is 0 Å². The van der Waals surface area contributed by atoms with E-state index >= 15 is 0 Å². The lowest BCUT2D eigenvalue weighted by atomic mass is 9.93. The predicted molar refractivity (Wildman–Crippen MR) is 86.1 cm³/mol. The van der Waals surface area contributed by atoms with Crippen LogP contribution < -0.4 is 11.1 Å². The molecular weight excluding hydrogens is 278 g/mol. The lowest BCUT2D eigenvalue weighted by Crippen LogP contribution is -2.54. The van der Waals surface area contributed by atoms with Gasteiger partial charge in [-0.05, 0) is 37.8 Å². The quantitative estimate of drug-likeness (QED) is 0.858. The number of carbonyl (C=O) groups is 2. The van der Waals surface area contributed by atoms with Crippen molar-refractivity contribution in [2.75, 3.05) is 6.54 Å². The summed E-state index contributed by atoms with van der Waals surface area (Å²) in [5.41, 5.74) is 7.58. The minimum Gasteiger partial charge on any atom is -0.368 e. The van der Waals surface area contributed by atoms with Crippen molar-refractivity contribution >= 4 is 11.8 Å². The van der Waals surface area contributed by atoms with Crippen molar-refractivity contribution in [1.29, 1.82) is 0 Å². The Bertz CT molecular complexity index is 569. The van der Waals surface area contributed by atoms with Gasteiger partial charge in [0.05, 0.1) is 12.6 Å². The van der Waals surface area contributed by atoms with E-state index in [4.69, 9.17) is 5.73 Å². The highest BCUT2D eigenvalue weighted by Gasteiger charge is 2.31. The molecule has 0 aliphatic carbocycles. The number of nitrogens with zero attached hydrogens (tertiary/aromatic N) is 1. The number of hydrogen-bond acceptors (Lipinski definition) is 3. The van der Waals surface area contributed by atoms with Crippen LogP contribution in [0, 0.1) is 0 Å². The van der Waals surface area contributed by atoms with Crippen LogP contribution in [0.1, 0.15) is 38.3 Å². The van der Waals surface area contributed by atoms with Crippen LogP contribution in [0.4, 0.5) is 0 Å². The maximum absolute atomic E-state index is 12.3. The summed E-state index contributed by atoms with van der Waals surface area (Å²) in [6.45, 7) is 6.77. The second-order valence-corrected chi connectivity index (χ2v) is 6.58. The average molecular weight is 303 g/mol. The second kappa shape index (κ2) is 6.48. The molecule has 0 radical (unpaired) electrons. The maximum Gasteiger partial charge on any atom is 0.235 e. The normalized spacial score (nSPS) is 18.6. The third kappa shape index (κ3) is 3.85. The molecule has 22 heavy (non-hydrogen) atoms. The van der Waals surface area contributed by atoms with E-state index < -0.39 is 6.04 Å². The predicted octanol–water partition coefficient (Wildman–Crippen LogP) is 1.20. The fourth-order valence-electron chi connectivity index (χ4n) is 2.71. The largest absolute Gasteiger partial charge is 0.368 e. The first kappa shape index (κ1) is 16.5. The highest BCUT2D eigenvalue weighted by Crippen LogP contribution is 2.23. The second-order valence-electron chi connectivity index (χ2n) is 6.58. The van der Waals surface area contributed by atoms with E-state index in [2.05, 4.69) is 5.32 Å². The van der Waals surface area contributed by atoms with E-state index in [0.717, 1.165) is 17.5 Å². The van der Waals surface area contributed by atoms with Gasteiger partial charge in [0.15, 0.2) is 0 Å². The number of primary amides is 1. The van der Waals surface area contributed by atoms with Gasteiger partial charge in [0.25, 0.3) is 0 Å². The third-order valence-corrected chi connectivity index (χ3v) is 4.38. The van der Waals surface area contributed by atoms with Gasteiger partial charge < -0.3 is 11.1 Å². The van der Waals surface area contributed by atoms with Gasteiger partial charge in [-0.25, -0.2) is 0 Å². The fraction of sp³-hybridized carbons (Fsp3) is 0.529. The molecule has 1 aromatic rings. The molecule has 1 aliphatic rings. The zero-order valence-corrected chi connectivity index (χ0v) is 13.6. The number of benzene rings is 1.